The van der Waals surface area contributed by atoms with E-state index >= 15 is 0 Å². The van der Waals surface area contributed by atoms with E-state index in [4.69, 9.17) is 15.6 Å². The van der Waals surface area contributed by atoms with Crippen LogP contribution in [0.25, 0.3) is 0 Å². The number of hydrogen-bond donors (Lipinski definition) is 2. The maximum Gasteiger partial charge on any atom is 0.123 e. The molecule has 0 aliphatic rings. The number of nitrogens with two attached hydrogens (primary N) is 1. The first-order chi connectivity index (χ1) is 6.19. The highest BCUT2D eigenvalue weighted by atomic mass is 127. The van der Waals surface area contributed by atoms with Gasteiger partial charge in [-0.1, -0.05) is 0 Å². The van der Waals surface area contributed by atoms with E-state index in [-0.39, 0.29) is 12.6 Å². The van der Waals surface area contributed by atoms with Crippen molar-refractivity contribution in [1.29, 1.82) is 0 Å². The van der Waals surface area contributed by atoms with Gasteiger partial charge in [0.1, 0.15) is 5.75 Å². The first kappa shape index (κ1) is 10.7. The zero-order chi connectivity index (χ0) is 9.84. The van der Waals surface area contributed by atoms with Crippen molar-refractivity contribution in [2.45, 2.75) is 6.04 Å². The van der Waals surface area contributed by atoms with Crippen molar-refractivity contribution in [3.05, 3.63) is 27.3 Å². The molecule has 13 heavy (non-hydrogen) atoms. The number of aliphatic hydroxyl groups is 1. The fourth-order valence-electron chi connectivity index (χ4n) is 1.09. The molecule has 1 rings (SSSR count). The van der Waals surface area contributed by atoms with Crippen LogP contribution in [0.3, 0.4) is 0 Å². The van der Waals surface area contributed by atoms with E-state index < -0.39 is 0 Å². The van der Waals surface area contributed by atoms with Crippen molar-refractivity contribution >= 4 is 22.6 Å². The molecule has 1 aromatic rings. The molecule has 0 saturated carbocycles. The molecule has 0 spiro atoms. The summed E-state index contributed by atoms with van der Waals surface area (Å²) in [6, 6.07) is 5.34. The summed E-state index contributed by atoms with van der Waals surface area (Å²) >= 11 is 2.20. The van der Waals surface area contributed by atoms with Crippen LogP contribution >= 0.6 is 22.6 Å². The number of halogens is 1. The van der Waals surface area contributed by atoms with E-state index in [1.807, 2.05) is 18.2 Å². The highest BCUT2D eigenvalue weighted by Crippen LogP contribution is 2.25. The SMILES string of the molecule is COc1ccc(I)cc1[C@@H](N)CO. The Morgan fingerprint density at radius 3 is 2.85 bits per heavy atom. The highest BCUT2D eigenvalue weighted by molar-refractivity contribution is 14.1. The molecule has 0 saturated heterocycles. The normalized spacial score (nSPS) is 12.6. The smallest absolute Gasteiger partial charge is 0.123 e. The molecule has 0 aromatic heterocycles. The third-order valence-electron chi connectivity index (χ3n) is 1.79. The lowest BCUT2D eigenvalue weighted by atomic mass is 10.1. The van der Waals surface area contributed by atoms with Gasteiger partial charge in [-0.3, -0.25) is 0 Å². The second kappa shape index (κ2) is 4.78. The van der Waals surface area contributed by atoms with Crippen LogP contribution in [-0.4, -0.2) is 18.8 Å². The van der Waals surface area contributed by atoms with Crippen LogP contribution in [0, 0.1) is 3.57 Å². The molecular formula is C9H12INO2. The van der Waals surface area contributed by atoms with Gasteiger partial charge in [-0.15, -0.1) is 0 Å². The van der Waals surface area contributed by atoms with E-state index in [0.717, 1.165) is 14.9 Å². The number of methoxy groups -OCH3 is 1. The van der Waals surface area contributed by atoms with Gasteiger partial charge in [0.15, 0.2) is 0 Å². The molecule has 1 aromatic carbocycles. The molecule has 0 fully saturated rings. The minimum Gasteiger partial charge on any atom is -0.496 e. The van der Waals surface area contributed by atoms with E-state index in [2.05, 4.69) is 22.6 Å². The Kier molecular flexibility index (Phi) is 3.95. The summed E-state index contributed by atoms with van der Waals surface area (Å²) in [4.78, 5) is 0. The lowest BCUT2D eigenvalue weighted by Gasteiger charge is -2.13. The standard InChI is InChI=1S/C9H12INO2/c1-13-9-3-2-6(10)4-7(9)8(11)5-12/h2-4,8,12H,5,11H2,1H3/t8-/m0/s1. The molecule has 3 N–H and O–H groups in total. The monoisotopic (exact) mass is 293 g/mol. The van der Waals surface area contributed by atoms with Crippen molar-refractivity contribution in [2.24, 2.45) is 5.73 Å². The Hall–Kier alpha value is -0.330. The highest BCUT2D eigenvalue weighted by Gasteiger charge is 2.10. The Morgan fingerprint density at radius 2 is 2.31 bits per heavy atom. The maximum absolute atomic E-state index is 8.92. The van der Waals surface area contributed by atoms with E-state index in [9.17, 15) is 0 Å². The number of aliphatic hydroxyl groups excluding tert-OH is 1. The van der Waals surface area contributed by atoms with Gasteiger partial charge in [-0.25, -0.2) is 0 Å². The summed E-state index contributed by atoms with van der Waals surface area (Å²) in [7, 11) is 1.59. The lowest BCUT2D eigenvalue weighted by molar-refractivity contribution is 0.264. The minimum absolute atomic E-state index is 0.0730. The third-order valence-corrected chi connectivity index (χ3v) is 2.46. The summed E-state index contributed by atoms with van der Waals surface area (Å²) in [6.45, 7) is -0.0730. The second-order valence-corrected chi connectivity index (χ2v) is 3.92. The summed E-state index contributed by atoms with van der Waals surface area (Å²) in [6.07, 6.45) is 0. The summed E-state index contributed by atoms with van der Waals surface area (Å²) < 4.78 is 6.21. The van der Waals surface area contributed by atoms with Gasteiger partial charge in [-0.2, -0.15) is 0 Å². The van der Waals surface area contributed by atoms with Gasteiger partial charge in [0.05, 0.1) is 19.8 Å². The molecule has 1 atom stereocenters. The fraction of sp³-hybridized carbons (Fsp3) is 0.333. The van der Waals surface area contributed by atoms with Gasteiger partial charge < -0.3 is 15.6 Å². The molecule has 0 bridgehead atoms. The average molecular weight is 293 g/mol. The summed E-state index contributed by atoms with van der Waals surface area (Å²) in [5.41, 5.74) is 6.55. The van der Waals surface area contributed by atoms with Crippen LogP contribution in [0.2, 0.25) is 0 Å². The predicted molar refractivity (Wildman–Crippen MR) is 59.7 cm³/mol. The van der Waals surface area contributed by atoms with Crippen molar-refractivity contribution < 1.29 is 9.84 Å². The molecule has 0 unspecified atom stereocenters. The van der Waals surface area contributed by atoms with E-state index in [0.29, 0.717) is 0 Å². The topological polar surface area (TPSA) is 55.5 Å². The van der Waals surface area contributed by atoms with Gasteiger partial charge in [0, 0.05) is 9.13 Å². The Balaban J connectivity index is 3.07. The number of rotatable bonds is 3. The van der Waals surface area contributed by atoms with Crippen LogP contribution < -0.4 is 10.5 Å². The van der Waals surface area contributed by atoms with Crippen LogP contribution in [0.4, 0.5) is 0 Å². The number of ether oxygens (including phenoxy) is 1. The van der Waals surface area contributed by atoms with E-state index in [1.165, 1.54) is 0 Å². The lowest BCUT2D eigenvalue weighted by Crippen LogP contribution is -2.15. The average Bonchev–Trinajstić information content (AvgIpc) is 2.16. The largest absolute Gasteiger partial charge is 0.496 e. The summed E-state index contributed by atoms with van der Waals surface area (Å²) in [5, 5.41) is 8.92. The number of hydrogen-bond acceptors (Lipinski definition) is 3. The zero-order valence-corrected chi connectivity index (χ0v) is 9.48. The van der Waals surface area contributed by atoms with Gasteiger partial charge >= 0.3 is 0 Å². The minimum atomic E-state index is -0.371. The molecule has 0 aliphatic carbocycles. The van der Waals surface area contributed by atoms with Crippen LogP contribution in [0.15, 0.2) is 18.2 Å². The van der Waals surface area contributed by atoms with Gasteiger partial charge in [0.25, 0.3) is 0 Å². The molecule has 72 valence electrons. The molecule has 3 nitrogen and oxygen atoms in total. The van der Waals surface area contributed by atoms with Gasteiger partial charge in [-0.05, 0) is 40.8 Å². The summed E-state index contributed by atoms with van der Waals surface area (Å²) in [5.74, 6) is 0.724. The van der Waals surface area contributed by atoms with Crippen molar-refractivity contribution in [2.75, 3.05) is 13.7 Å². The fourth-order valence-corrected chi connectivity index (χ4v) is 1.61. The molecule has 0 heterocycles. The van der Waals surface area contributed by atoms with Crippen molar-refractivity contribution in [1.82, 2.24) is 0 Å². The van der Waals surface area contributed by atoms with Crippen molar-refractivity contribution in [3.63, 3.8) is 0 Å². The van der Waals surface area contributed by atoms with Crippen LogP contribution in [0.1, 0.15) is 11.6 Å². The van der Waals surface area contributed by atoms with Crippen LogP contribution in [0.5, 0.6) is 5.75 Å². The maximum atomic E-state index is 8.92. The Bertz CT molecular complexity index is 291. The van der Waals surface area contributed by atoms with Gasteiger partial charge in [0.2, 0.25) is 0 Å². The zero-order valence-electron chi connectivity index (χ0n) is 7.33. The predicted octanol–water partition coefficient (Wildman–Crippen LogP) is 1.29. The van der Waals surface area contributed by atoms with Crippen LogP contribution in [-0.2, 0) is 0 Å². The van der Waals surface area contributed by atoms with E-state index in [1.54, 1.807) is 7.11 Å². The Morgan fingerprint density at radius 1 is 1.62 bits per heavy atom. The van der Waals surface area contributed by atoms with Crippen molar-refractivity contribution in [3.8, 4) is 5.75 Å². The second-order valence-electron chi connectivity index (χ2n) is 2.68. The first-order valence-electron chi connectivity index (χ1n) is 3.89. The first-order valence-corrected chi connectivity index (χ1v) is 4.96. The Labute approximate surface area is 91.0 Å². The third kappa shape index (κ3) is 2.55. The molecule has 0 radical (unpaired) electrons. The molecule has 0 amide bonds. The molecule has 0 aliphatic heterocycles. The molecular weight excluding hydrogens is 281 g/mol. The number of benzene rings is 1. The quantitative estimate of drug-likeness (QED) is 0.826. The molecule has 4 heteroatoms.